The number of benzene rings is 2. The molecule has 0 amide bonds. The first kappa shape index (κ1) is 16.6. The molecule has 3 nitrogen and oxygen atoms in total. The van der Waals surface area contributed by atoms with Crippen molar-refractivity contribution in [1.29, 1.82) is 0 Å². The minimum atomic E-state index is 0.0932. The smallest absolute Gasteiger partial charge is 0.194 e. The van der Waals surface area contributed by atoms with E-state index in [4.69, 9.17) is 0 Å². The van der Waals surface area contributed by atoms with Crippen molar-refractivity contribution in [3.63, 3.8) is 0 Å². The molecule has 0 atom stereocenters. The van der Waals surface area contributed by atoms with Gasteiger partial charge < -0.3 is 0 Å². The number of fused-ring (bicyclic) bond motifs is 3. The van der Waals surface area contributed by atoms with E-state index in [-0.39, 0.29) is 5.78 Å². The highest BCUT2D eigenvalue weighted by atomic mass is 16.1. The number of aryl methyl sites for hydroxylation is 2. The third-order valence-electron chi connectivity index (χ3n) is 5.49. The lowest BCUT2D eigenvalue weighted by Crippen LogP contribution is -1.97. The lowest BCUT2D eigenvalue weighted by molar-refractivity contribution is 0.104. The third-order valence-corrected chi connectivity index (χ3v) is 5.49. The van der Waals surface area contributed by atoms with Crippen LogP contribution in [0.1, 0.15) is 27.0 Å². The number of aromatic nitrogens is 2. The number of nitrogens with zero attached hydrogens (tertiary/aromatic N) is 2. The Labute approximate surface area is 163 Å². The largest absolute Gasteiger partial charge is 0.289 e. The summed E-state index contributed by atoms with van der Waals surface area (Å²) in [5.41, 5.74) is 10.2. The third kappa shape index (κ3) is 2.48. The van der Waals surface area contributed by atoms with Gasteiger partial charge in [0.25, 0.3) is 0 Å². The lowest BCUT2D eigenvalue weighted by Gasteiger charge is -2.11. The van der Waals surface area contributed by atoms with E-state index in [1.807, 2.05) is 36.4 Å². The molecule has 0 N–H and O–H groups in total. The van der Waals surface area contributed by atoms with E-state index in [1.54, 1.807) is 24.8 Å². The van der Waals surface area contributed by atoms with Crippen LogP contribution in [-0.2, 0) is 0 Å². The maximum atomic E-state index is 13.3. The molecule has 0 saturated heterocycles. The van der Waals surface area contributed by atoms with Gasteiger partial charge in [-0.05, 0) is 94.8 Å². The van der Waals surface area contributed by atoms with Crippen LogP contribution in [0.5, 0.6) is 0 Å². The van der Waals surface area contributed by atoms with Crippen molar-refractivity contribution in [2.45, 2.75) is 13.8 Å². The number of carbonyl (C=O) groups is 1. The van der Waals surface area contributed by atoms with Crippen molar-refractivity contribution in [2.75, 3.05) is 0 Å². The summed E-state index contributed by atoms with van der Waals surface area (Å²) in [6, 6.07) is 16.3. The fourth-order valence-electron chi connectivity index (χ4n) is 4.07. The van der Waals surface area contributed by atoms with Gasteiger partial charge >= 0.3 is 0 Å². The molecule has 0 saturated carbocycles. The van der Waals surface area contributed by atoms with Crippen molar-refractivity contribution >= 4 is 5.78 Å². The monoisotopic (exact) mass is 362 g/mol. The second-order valence-electron chi connectivity index (χ2n) is 7.23. The summed E-state index contributed by atoms with van der Waals surface area (Å²) in [6.07, 6.45) is 7.12. The van der Waals surface area contributed by atoms with Gasteiger partial charge in [-0.15, -0.1) is 0 Å². The summed E-state index contributed by atoms with van der Waals surface area (Å²) in [5, 5.41) is 0. The minimum absolute atomic E-state index is 0.0932. The predicted molar refractivity (Wildman–Crippen MR) is 111 cm³/mol. The zero-order valence-electron chi connectivity index (χ0n) is 15.7. The van der Waals surface area contributed by atoms with Gasteiger partial charge in [0.15, 0.2) is 5.78 Å². The molecule has 28 heavy (non-hydrogen) atoms. The van der Waals surface area contributed by atoms with Crippen LogP contribution in [0, 0.1) is 13.8 Å². The van der Waals surface area contributed by atoms with Crippen LogP contribution < -0.4 is 0 Å². The van der Waals surface area contributed by atoms with E-state index in [2.05, 4.69) is 35.9 Å². The summed E-state index contributed by atoms with van der Waals surface area (Å²) in [5.74, 6) is 0.0932. The number of hydrogen-bond donors (Lipinski definition) is 0. The molecule has 1 aliphatic rings. The first-order chi connectivity index (χ1) is 13.6. The molecule has 4 aromatic rings. The minimum Gasteiger partial charge on any atom is -0.289 e. The van der Waals surface area contributed by atoms with Crippen molar-refractivity contribution in [2.24, 2.45) is 0 Å². The quantitative estimate of drug-likeness (QED) is 0.408. The topological polar surface area (TPSA) is 42.9 Å². The molecular formula is C25H18N2O. The Morgan fingerprint density at radius 2 is 0.929 bits per heavy atom. The Bertz CT molecular complexity index is 1130. The van der Waals surface area contributed by atoms with Crippen molar-refractivity contribution < 1.29 is 4.79 Å². The van der Waals surface area contributed by atoms with Gasteiger partial charge in [0.1, 0.15) is 0 Å². The zero-order chi connectivity index (χ0) is 19.3. The second kappa shape index (κ2) is 6.24. The van der Waals surface area contributed by atoms with E-state index in [1.165, 1.54) is 0 Å². The standard InChI is InChI=1S/C25H18N2O/c1-15-11-21-22-12-16(2)20(18-5-9-27-10-6-18)14-24(22)25(28)23(21)13-19(15)17-3-7-26-8-4-17/h3-14H,1-2H3. The van der Waals surface area contributed by atoms with E-state index in [0.717, 1.165) is 55.6 Å². The first-order valence-electron chi connectivity index (χ1n) is 9.28. The van der Waals surface area contributed by atoms with Crippen LogP contribution >= 0.6 is 0 Å². The molecule has 2 aromatic carbocycles. The van der Waals surface area contributed by atoms with Crippen molar-refractivity contribution in [3.05, 3.63) is 95.6 Å². The van der Waals surface area contributed by atoms with Gasteiger partial charge in [0.05, 0.1) is 0 Å². The van der Waals surface area contributed by atoms with Gasteiger partial charge in [-0.1, -0.05) is 12.1 Å². The van der Waals surface area contributed by atoms with Crippen LogP contribution in [0.15, 0.2) is 73.3 Å². The zero-order valence-corrected chi connectivity index (χ0v) is 15.7. The van der Waals surface area contributed by atoms with E-state index >= 15 is 0 Å². The Hall–Kier alpha value is -3.59. The van der Waals surface area contributed by atoms with E-state index in [9.17, 15) is 4.79 Å². The summed E-state index contributed by atoms with van der Waals surface area (Å²) in [7, 11) is 0. The average molecular weight is 362 g/mol. The number of carbonyl (C=O) groups excluding carboxylic acids is 1. The molecule has 2 aromatic heterocycles. The van der Waals surface area contributed by atoms with Gasteiger partial charge in [-0.25, -0.2) is 0 Å². The predicted octanol–water partition coefficient (Wildman–Crippen LogP) is 5.64. The number of ketones is 1. The van der Waals surface area contributed by atoms with Gasteiger partial charge in [0.2, 0.25) is 0 Å². The Morgan fingerprint density at radius 1 is 0.536 bits per heavy atom. The van der Waals surface area contributed by atoms with Crippen LogP contribution in [-0.4, -0.2) is 15.8 Å². The Balaban J connectivity index is 1.69. The van der Waals surface area contributed by atoms with Crippen LogP contribution in [0.2, 0.25) is 0 Å². The number of pyridine rings is 2. The molecular weight excluding hydrogens is 344 g/mol. The highest BCUT2D eigenvalue weighted by molar-refractivity contribution is 6.22. The molecule has 0 bridgehead atoms. The Morgan fingerprint density at radius 3 is 1.32 bits per heavy atom. The van der Waals surface area contributed by atoms with Crippen LogP contribution in [0.4, 0.5) is 0 Å². The lowest BCUT2D eigenvalue weighted by atomic mass is 9.93. The van der Waals surface area contributed by atoms with Gasteiger partial charge in [-0.2, -0.15) is 0 Å². The van der Waals surface area contributed by atoms with Crippen molar-refractivity contribution in [3.8, 4) is 33.4 Å². The maximum Gasteiger partial charge on any atom is 0.194 e. The molecule has 0 spiro atoms. The van der Waals surface area contributed by atoms with Crippen LogP contribution in [0.3, 0.4) is 0 Å². The molecule has 1 aliphatic carbocycles. The molecule has 3 heteroatoms. The fourth-order valence-corrected chi connectivity index (χ4v) is 4.07. The fraction of sp³-hybridized carbons (Fsp3) is 0.0800. The van der Waals surface area contributed by atoms with E-state index < -0.39 is 0 Å². The molecule has 5 rings (SSSR count). The number of rotatable bonds is 2. The summed E-state index contributed by atoms with van der Waals surface area (Å²) >= 11 is 0. The molecule has 134 valence electrons. The first-order valence-corrected chi connectivity index (χ1v) is 9.28. The molecule has 0 unspecified atom stereocenters. The SMILES string of the molecule is Cc1cc2c(cc1-c1ccncc1)C(=O)c1cc(-c3ccncc3)c(C)cc1-2. The normalized spacial score (nSPS) is 12.0. The van der Waals surface area contributed by atoms with Gasteiger partial charge in [-0.3, -0.25) is 14.8 Å². The highest BCUT2D eigenvalue weighted by Crippen LogP contribution is 2.42. The van der Waals surface area contributed by atoms with E-state index in [0.29, 0.717) is 0 Å². The molecule has 2 heterocycles. The molecule has 0 aliphatic heterocycles. The van der Waals surface area contributed by atoms with Gasteiger partial charge in [0, 0.05) is 35.9 Å². The maximum absolute atomic E-state index is 13.3. The number of hydrogen-bond acceptors (Lipinski definition) is 3. The highest BCUT2D eigenvalue weighted by Gasteiger charge is 2.29. The van der Waals surface area contributed by atoms with Crippen molar-refractivity contribution in [1.82, 2.24) is 9.97 Å². The summed E-state index contributed by atoms with van der Waals surface area (Å²) in [6.45, 7) is 4.19. The molecule has 0 radical (unpaired) electrons. The second-order valence-corrected chi connectivity index (χ2v) is 7.23. The molecule has 0 fully saturated rings. The summed E-state index contributed by atoms with van der Waals surface area (Å²) < 4.78 is 0. The summed E-state index contributed by atoms with van der Waals surface area (Å²) in [4.78, 5) is 21.4. The average Bonchev–Trinajstić information content (AvgIpc) is 2.98. The Kier molecular flexibility index (Phi) is 3.69. The van der Waals surface area contributed by atoms with Crippen LogP contribution in [0.25, 0.3) is 33.4 Å².